The maximum absolute atomic E-state index is 7.02. The molecule has 2 nitrogen and oxygen atoms in total. The summed E-state index contributed by atoms with van der Waals surface area (Å²) in [6.07, 6.45) is 0. The molecule has 0 aliphatic rings. The van der Waals surface area contributed by atoms with E-state index in [1.807, 2.05) is 6.92 Å². The van der Waals surface area contributed by atoms with Gasteiger partial charge >= 0.3 is 0 Å². The zero-order chi connectivity index (χ0) is 5.86. The van der Waals surface area contributed by atoms with Gasteiger partial charge in [-0.15, -0.1) is 0 Å². The first kappa shape index (κ1) is 6.63. The van der Waals surface area contributed by atoms with Crippen molar-refractivity contribution in [2.45, 2.75) is 13.8 Å². The average Bonchev–Trinajstić information content (AvgIpc) is 1.65. The van der Waals surface area contributed by atoms with Gasteiger partial charge in [-0.2, -0.15) is 0 Å². The molecule has 7 heavy (non-hydrogen) atoms. The quantitative estimate of drug-likeness (QED) is 0.491. The molecule has 2 heteroatoms. The summed E-state index contributed by atoms with van der Waals surface area (Å²) in [4.78, 5) is 0. The van der Waals surface area contributed by atoms with Gasteiger partial charge in [0.25, 0.3) is 0 Å². The van der Waals surface area contributed by atoms with Gasteiger partial charge in [-0.05, 0) is 6.92 Å². The van der Waals surface area contributed by atoms with Gasteiger partial charge in [-0.1, -0.05) is 6.92 Å². The molecule has 0 radical (unpaired) electrons. The van der Waals surface area contributed by atoms with E-state index in [9.17, 15) is 0 Å². The zero-order valence-electron chi connectivity index (χ0n) is 4.86. The second-order valence-corrected chi connectivity index (χ2v) is 1.82. The Bertz CT molecular complexity index is 68.5. The topological polar surface area (TPSA) is 49.9 Å². The van der Waals surface area contributed by atoms with Gasteiger partial charge in [0.05, 0.1) is 0 Å². The third-order valence-electron chi connectivity index (χ3n) is 1.09. The number of hydrogen-bond acceptors (Lipinski definition) is 2. The van der Waals surface area contributed by atoms with Crippen LogP contribution in [0.25, 0.3) is 0 Å². The van der Waals surface area contributed by atoms with Crippen LogP contribution in [0.4, 0.5) is 0 Å². The van der Waals surface area contributed by atoms with Crippen molar-refractivity contribution in [3.8, 4) is 0 Å². The van der Waals surface area contributed by atoms with E-state index in [2.05, 4.69) is 0 Å². The Morgan fingerprint density at radius 1 is 1.86 bits per heavy atom. The zero-order valence-corrected chi connectivity index (χ0v) is 4.86. The summed E-state index contributed by atoms with van der Waals surface area (Å²) in [5.74, 6) is 0.264. The summed E-state index contributed by atoms with van der Waals surface area (Å²) in [5, 5.41) is 7.02. The molecule has 0 bridgehead atoms. The van der Waals surface area contributed by atoms with Crippen molar-refractivity contribution in [3.05, 3.63) is 0 Å². The lowest BCUT2D eigenvalue weighted by Gasteiger charge is -2.02. The fourth-order valence-corrected chi connectivity index (χ4v) is 0.177. The highest BCUT2D eigenvalue weighted by Gasteiger charge is 1.97. The van der Waals surface area contributed by atoms with Gasteiger partial charge in [0.1, 0.15) is 0 Å². The Hall–Kier alpha value is -0.370. The second kappa shape index (κ2) is 2.75. The summed E-state index contributed by atoms with van der Waals surface area (Å²) in [7, 11) is 0. The second-order valence-electron chi connectivity index (χ2n) is 1.82. The van der Waals surface area contributed by atoms with E-state index in [0.717, 1.165) is 0 Å². The van der Waals surface area contributed by atoms with Gasteiger partial charge in [-0.25, -0.2) is 0 Å². The Balaban J connectivity index is 3.34. The molecule has 0 fully saturated rings. The summed E-state index contributed by atoms with van der Waals surface area (Å²) in [6.45, 7) is 4.31. The smallest absolute Gasteiger partial charge is 0.00989 e. The maximum Gasteiger partial charge on any atom is 0.00989 e. The van der Waals surface area contributed by atoms with E-state index in [0.29, 0.717) is 12.3 Å². The van der Waals surface area contributed by atoms with Crippen molar-refractivity contribution in [1.29, 1.82) is 5.41 Å². The molecule has 0 saturated heterocycles. The Kier molecular flexibility index (Phi) is 2.60. The summed E-state index contributed by atoms with van der Waals surface area (Å²) in [5.41, 5.74) is 5.90. The minimum atomic E-state index is 0.264. The normalized spacial score (nSPS) is 13.6. The SMILES string of the molecule is CC(=N)[C@@H](C)CN. The number of rotatable bonds is 2. The molecule has 0 rings (SSSR count). The highest BCUT2D eigenvalue weighted by atomic mass is 14.6. The van der Waals surface area contributed by atoms with E-state index in [4.69, 9.17) is 11.1 Å². The van der Waals surface area contributed by atoms with Gasteiger partial charge in [0, 0.05) is 18.2 Å². The molecule has 0 heterocycles. The van der Waals surface area contributed by atoms with E-state index in [1.165, 1.54) is 0 Å². The Morgan fingerprint density at radius 2 is 2.29 bits per heavy atom. The van der Waals surface area contributed by atoms with Crippen molar-refractivity contribution in [2.24, 2.45) is 11.7 Å². The van der Waals surface area contributed by atoms with Crippen molar-refractivity contribution >= 4 is 5.71 Å². The molecule has 0 aromatic heterocycles. The van der Waals surface area contributed by atoms with Crippen LogP contribution in [0.1, 0.15) is 13.8 Å². The van der Waals surface area contributed by atoms with Crippen molar-refractivity contribution < 1.29 is 0 Å². The average molecular weight is 100 g/mol. The van der Waals surface area contributed by atoms with Gasteiger partial charge in [0.15, 0.2) is 0 Å². The van der Waals surface area contributed by atoms with Crippen LogP contribution >= 0.6 is 0 Å². The summed E-state index contributed by atoms with van der Waals surface area (Å²) in [6, 6.07) is 0. The monoisotopic (exact) mass is 100 g/mol. The summed E-state index contributed by atoms with van der Waals surface area (Å²) < 4.78 is 0. The van der Waals surface area contributed by atoms with Crippen LogP contribution in [0.15, 0.2) is 0 Å². The first-order chi connectivity index (χ1) is 3.18. The van der Waals surface area contributed by atoms with Crippen molar-refractivity contribution in [1.82, 2.24) is 0 Å². The molecule has 0 unspecified atom stereocenters. The minimum absolute atomic E-state index is 0.264. The van der Waals surface area contributed by atoms with E-state index in [-0.39, 0.29) is 5.92 Å². The predicted molar refractivity (Wildman–Crippen MR) is 31.6 cm³/mol. The molecule has 1 atom stereocenters. The molecule has 0 aromatic carbocycles. The number of hydrogen-bond donors (Lipinski definition) is 2. The van der Waals surface area contributed by atoms with Crippen LogP contribution in [-0.4, -0.2) is 12.3 Å². The van der Waals surface area contributed by atoms with Crippen LogP contribution < -0.4 is 5.73 Å². The Morgan fingerprint density at radius 3 is 2.29 bits per heavy atom. The fourth-order valence-electron chi connectivity index (χ4n) is 0.177. The van der Waals surface area contributed by atoms with Crippen LogP contribution in [0.5, 0.6) is 0 Å². The largest absolute Gasteiger partial charge is 0.330 e. The van der Waals surface area contributed by atoms with Crippen LogP contribution in [-0.2, 0) is 0 Å². The first-order valence-corrected chi connectivity index (χ1v) is 2.43. The highest BCUT2D eigenvalue weighted by Crippen LogP contribution is 1.90. The maximum atomic E-state index is 7.02. The molecule has 0 aromatic rings. The molecular weight excluding hydrogens is 88.1 g/mol. The molecule has 0 amide bonds. The standard InChI is InChI=1S/C5H12N2/c1-4(3-6)5(2)7/h4,7H,3,6H2,1-2H3/t4-/m0/s1. The van der Waals surface area contributed by atoms with Crippen molar-refractivity contribution in [3.63, 3.8) is 0 Å². The molecule has 42 valence electrons. The third-order valence-corrected chi connectivity index (χ3v) is 1.09. The van der Waals surface area contributed by atoms with Crippen LogP contribution in [0, 0.1) is 11.3 Å². The summed E-state index contributed by atoms with van der Waals surface area (Å²) >= 11 is 0. The van der Waals surface area contributed by atoms with E-state index >= 15 is 0 Å². The predicted octanol–water partition coefficient (Wildman–Crippen LogP) is 0.621. The molecule has 0 aliphatic heterocycles. The van der Waals surface area contributed by atoms with Crippen molar-refractivity contribution in [2.75, 3.05) is 6.54 Å². The molecule has 0 aliphatic carbocycles. The number of nitrogens with two attached hydrogens (primary N) is 1. The Labute approximate surface area is 44.2 Å². The third kappa shape index (κ3) is 2.34. The first-order valence-electron chi connectivity index (χ1n) is 2.43. The van der Waals surface area contributed by atoms with Crippen LogP contribution in [0.3, 0.4) is 0 Å². The fraction of sp³-hybridized carbons (Fsp3) is 0.800. The molecular formula is C5H12N2. The van der Waals surface area contributed by atoms with Gasteiger partial charge in [-0.3, -0.25) is 0 Å². The lowest BCUT2D eigenvalue weighted by Crippen LogP contribution is -2.16. The lowest BCUT2D eigenvalue weighted by molar-refractivity contribution is 0.774. The molecule has 0 saturated carbocycles. The lowest BCUT2D eigenvalue weighted by atomic mass is 10.1. The minimum Gasteiger partial charge on any atom is -0.330 e. The van der Waals surface area contributed by atoms with Gasteiger partial charge < -0.3 is 11.1 Å². The van der Waals surface area contributed by atoms with E-state index < -0.39 is 0 Å². The number of nitrogens with one attached hydrogen (secondary N) is 1. The molecule has 3 N–H and O–H groups in total. The highest BCUT2D eigenvalue weighted by molar-refractivity contribution is 5.80. The van der Waals surface area contributed by atoms with Gasteiger partial charge in [0.2, 0.25) is 0 Å². The van der Waals surface area contributed by atoms with E-state index in [1.54, 1.807) is 6.92 Å². The van der Waals surface area contributed by atoms with Crippen LogP contribution in [0.2, 0.25) is 0 Å². The molecule has 0 spiro atoms.